The summed E-state index contributed by atoms with van der Waals surface area (Å²) in [6, 6.07) is 9.80. The molecular formula is C17H15ClN4O6. The molecule has 0 radical (unpaired) electrons. The first-order valence-electron chi connectivity index (χ1n) is 7.87. The summed E-state index contributed by atoms with van der Waals surface area (Å²) < 4.78 is 4.79. The van der Waals surface area contributed by atoms with E-state index in [0.717, 1.165) is 12.1 Å². The minimum Gasteiger partial charge on any atom is -0.469 e. The van der Waals surface area contributed by atoms with E-state index in [2.05, 4.69) is 10.5 Å². The number of nitro benzene ring substituents is 2. The highest BCUT2D eigenvalue weighted by molar-refractivity contribution is 6.30. The van der Waals surface area contributed by atoms with Gasteiger partial charge in [0.05, 0.1) is 28.9 Å². The number of rotatable bonds is 8. The quantitative estimate of drug-likeness (QED) is 0.303. The van der Waals surface area contributed by atoms with Gasteiger partial charge in [-0.1, -0.05) is 23.7 Å². The van der Waals surface area contributed by atoms with Gasteiger partial charge in [0, 0.05) is 23.7 Å². The van der Waals surface area contributed by atoms with Crippen LogP contribution in [0.5, 0.6) is 0 Å². The Labute approximate surface area is 164 Å². The zero-order chi connectivity index (χ0) is 20.7. The largest absolute Gasteiger partial charge is 0.469 e. The second-order valence-corrected chi connectivity index (χ2v) is 5.94. The number of nitrogens with one attached hydrogen (secondary N) is 1. The predicted octanol–water partition coefficient (Wildman–Crippen LogP) is 3.90. The fourth-order valence-corrected chi connectivity index (χ4v) is 2.48. The molecular weight excluding hydrogens is 392 g/mol. The monoisotopic (exact) mass is 406 g/mol. The van der Waals surface area contributed by atoms with Crippen molar-refractivity contribution in [2.75, 3.05) is 12.5 Å². The van der Waals surface area contributed by atoms with E-state index in [0.29, 0.717) is 10.6 Å². The van der Waals surface area contributed by atoms with E-state index < -0.39 is 33.1 Å². The third-order valence-electron chi connectivity index (χ3n) is 3.76. The number of nitro groups is 2. The van der Waals surface area contributed by atoms with Crippen LogP contribution in [0.4, 0.5) is 17.1 Å². The van der Waals surface area contributed by atoms with Gasteiger partial charge in [0.25, 0.3) is 5.69 Å². The maximum Gasteiger partial charge on any atom is 0.313 e. The van der Waals surface area contributed by atoms with Crippen molar-refractivity contribution in [2.45, 2.75) is 12.3 Å². The van der Waals surface area contributed by atoms with Crippen LogP contribution in [-0.2, 0) is 9.53 Å². The Morgan fingerprint density at radius 3 is 2.46 bits per heavy atom. The van der Waals surface area contributed by atoms with Gasteiger partial charge in [-0.05, 0) is 23.8 Å². The molecule has 1 N–H and O–H groups in total. The van der Waals surface area contributed by atoms with Gasteiger partial charge >= 0.3 is 11.7 Å². The molecule has 10 nitrogen and oxygen atoms in total. The van der Waals surface area contributed by atoms with E-state index in [-0.39, 0.29) is 12.1 Å². The second kappa shape index (κ2) is 9.42. The predicted molar refractivity (Wildman–Crippen MR) is 103 cm³/mol. The molecule has 0 aromatic heterocycles. The molecule has 0 aliphatic carbocycles. The van der Waals surface area contributed by atoms with Crippen molar-refractivity contribution in [3.63, 3.8) is 0 Å². The minimum atomic E-state index is -0.754. The molecule has 0 bridgehead atoms. The lowest BCUT2D eigenvalue weighted by Crippen LogP contribution is -2.15. The van der Waals surface area contributed by atoms with Crippen LogP contribution < -0.4 is 5.43 Å². The Balaban J connectivity index is 2.14. The van der Waals surface area contributed by atoms with Crippen molar-refractivity contribution in [3.05, 3.63) is 73.3 Å². The van der Waals surface area contributed by atoms with Gasteiger partial charge in [0.1, 0.15) is 5.69 Å². The molecule has 0 fully saturated rings. The maximum atomic E-state index is 12.0. The summed E-state index contributed by atoms with van der Waals surface area (Å²) in [7, 11) is 1.26. The van der Waals surface area contributed by atoms with Crippen molar-refractivity contribution in [3.8, 4) is 0 Å². The molecule has 2 aromatic carbocycles. The zero-order valence-electron chi connectivity index (χ0n) is 14.6. The van der Waals surface area contributed by atoms with Crippen LogP contribution in [0.15, 0.2) is 47.6 Å². The molecule has 0 saturated carbocycles. The van der Waals surface area contributed by atoms with Crippen LogP contribution in [-0.4, -0.2) is 29.1 Å². The van der Waals surface area contributed by atoms with Crippen molar-refractivity contribution >= 4 is 40.8 Å². The summed E-state index contributed by atoms with van der Waals surface area (Å²) in [5, 5.41) is 26.2. The van der Waals surface area contributed by atoms with Gasteiger partial charge in [0.15, 0.2) is 0 Å². The maximum absolute atomic E-state index is 12.0. The molecule has 0 aliphatic rings. The molecule has 1 atom stereocenters. The Morgan fingerprint density at radius 1 is 1.21 bits per heavy atom. The van der Waals surface area contributed by atoms with Crippen molar-refractivity contribution < 1.29 is 19.4 Å². The molecule has 2 aromatic rings. The van der Waals surface area contributed by atoms with Crippen molar-refractivity contribution in [2.24, 2.45) is 5.10 Å². The molecule has 1 unspecified atom stereocenters. The molecule has 2 rings (SSSR count). The second-order valence-electron chi connectivity index (χ2n) is 5.50. The summed E-state index contributed by atoms with van der Waals surface area (Å²) in [5.41, 5.74) is 2.22. The number of hydrogen-bond acceptors (Lipinski definition) is 8. The van der Waals surface area contributed by atoms with E-state index in [1.54, 1.807) is 24.3 Å². The number of methoxy groups -OCH3 is 1. The average Bonchev–Trinajstić information content (AvgIpc) is 2.68. The number of hydrogen-bond donors (Lipinski definition) is 1. The summed E-state index contributed by atoms with van der Waals surface area (Å²) in [6.45, 7) is 0. The lowest BCUT2D eigenvalue weighted by molar-refractivity contribution is -0.393. The van der Waals surface area contributed by atoms with Gasteiger partial charge in [-0.3, -0.25) is 30.4 Å². The van der Waals surface area contributed by atoms with Gasteiger partial charge < -0.3 is 4.74 Å². The van der Waals surface area contributed by atoms with Gasteiger partial charge in [0.2, 0.25) is 0 Å². The molecule has 0 heterocycles. The summed E-state index contributed by atoms with van der Waals surface area (Å²) in [5.74, 6) is -1.12. The number of ether oxygens (including phenoxy) is 1. The van der Waals surface area contributed by atoms with Gasteiger partial charge in [-0.15, -0.1) is 0 Å². The summed E-state index contributed by atoms with van der Waals surface area (Å²) in [6.07, 6.45) is 1.52. The van der Waals surface area contributed by atoms with Crippen LogP contribution in [0.25, 0.3) is 0 Å². The van der Waals surface area contributed by atoms with Crippen molar-refractivity contribution in [1.82, 2.24) is 0 Å². The molecule has 146 valence electrons. The molecule has 28 heavy (non-hydrogen) atoms. The highest BCUT2D eigenvalue weighted by atomic mass is 35.5. The number of halogens is 1. The lowest BCUT2D eigenvalue weighted by atomic mass is 9.96. The van der Waals surface area contributed by atoms with Crippen LogP contribution in [0.3, 0.4) is 0 Å². The summed E-state index contributed by atoms with van der Waals surface area (Å²) in [4.78, 5) is 32.4. The Hall–Kier alpha value is -3.53. The first-order chi connectivity index (χ1) is 13.3. The SMILES string of the molecule is COC(=O)C(CC=NNc1ccc([N+](=O)[O-])cc1[N+](=O)[O-])c1ccc(Cl)cc1. The number of anilines is 1. The average molecular weight is 407 g/mol. The summed E-state index contributed by atoms with van der Waals surface area (Å²) >= 11 is 5.85. The third kappa shape index (κ3) is 5.24. The fraction of sp³-hybridized carbons (Fsp3) is 0.176. The Kier molecular flexibility index (Phi) is 6.99. The molecule has 11 heteroatoms. The third-order valence-corrected chi connectivity index (χ3v) is 4.02. The standard InChI is InChI=1S/C17H15ClN4O6/c1-28-17(23)14(11-2-4-12(18)5-3-11)8-9-19-20-15-7-6-13(21(24)25)10-16(15)22(26)27/h2-7,9-10,14,20H,8H2,1H3. The van der Waals surface area contributed by atoms with Gasteiger partial charge in [-0.25, -0.2) is 0 Å². The molecule has 0 amide bonds. The Bertz CT molecular complexity index is 916. The topological polar surface area (TPSA) is 137 Å². The van der Waals surface area contributed by atoms with Crippen LogP contribution in [0, 0.1) is 20.2 Å². The molecule has 0 saturated heterocycles. The number of hydrazone groups is 1. The number of carbonyl (C=O) groups is 1. The van der Waals surface area contributed by atoms with Crippen LogP contribution in [0.2, 0.25) is 5.02 Å². The highest BCUT2D eigenvalue weighted by Gasteiger charge is 2.21. The zero-order valence-corrected chi connectivity index (χ0v) is 15.3. The molecule has 0 aliphatic heterocycles. The number of benzene rings is 2. The number of esters is 1. The van der Waals surface area contributed by atoms with E-state index >= 15 is 0 Å². The normalized spacial score (nSPS) is 11.8. The smallest absolute Gasteiger partial charge is 0.313 e. The fourth-order valence-electron chi connectivity index (χ4n) is 2.36. The van der Waals surface area contributed by atoms with Gasteiger partial charge in [-0.2, -0.15) is 5.10 Å². The lowest BCUT2D eigenvalue weighted by Gasteiger charge is -2.12. The first-order valence-corrected chi connectivity index (χ1v) is 8.25. The number of non-ortho nitro benzene ring substituents is 1. The van der Waals surface area contributed by atoms with E-state index in [4.69, 9.17) is 16.3 Å². The van der Waals surface area contributed by atoms with E-state index in [1.807, 2.05) is 0 Å². The van der Waals surface area contributed by atoms with Crippen LogP contribution in [0.1, 0.15) is 17.9 Å². The van der Waals surface area contributed by atoms with E-state index in [1.165, 1.54) is 19.4 Å². The highest BCUT2D eigenvalue weighted by Crippen LogP contribution is 2.29. The number of nitrogens with zero attached hydrogens (tertiary/aromatic N) is 3. The minimum absolute atomic E-state index is 0.0204. The number of carbonyl (C=O) groups excluding carboxylic acids is 1. The Morgan fingerprint density at radius 2 is 1.89 bits per heavy atom. The van der Waals surface area contributed by atoms with E-state index in [9.17, 15) is 25.0 Å². The molecule has 0 spiro atoms. The van der Waals surface area contributed by atoms with Crippen LogP contribution >= 0.6 is 11.6 Å². The van der Waals surface area contributed by atoms with Crippen molar-refractivity contribution in [1.29, 1.82) is 0 Å². The first kappa shape index (κ1) is 20.8.